The molecule has 1 aliphatic carbocycles. The summed E-state index contributed by atoms with van der Waals surface area (Å²) < 4.78 is 5.12. The van der Waals surface area contributed by atoms with Gasteiger partial charge in [-0.1, -0.05) is 12.1 Å². The maximum Gasteiger partial charge on any atom is 0.146 e. The highest BCUT2D eigenvalue weighted by Crippen LogP contribution is 2.46. The third kappa shape index (κ3) is 3.20. The van der Waals surface area contributed by atoms with Crippen LogP contribution in [0.3, 0.4) is 0 Å². The minimum Gasteiger partial charge on any atom is -0.497 e. The summed E-state index contributed by atoms with van der Waals surface area (Å²) in [5.74, 6) is -2.55. The Hall–Kier alpha value is -2.01. The van der Waals surface area contributed by atoms with Crippen LogP contribution in [0.15, 0.2) is 24.3 Å². The number of ether oxygens (including phenoxy) is 1. The van der Waals surface area contributed by atoms with Crippen LogP contribution in [0.4, 0.5) is 0 Å². The van der Waals surface area contributed by atoms with Crippen molar-refractivity contribution in [3.8, 4) is 5.75 Å². The molecule has 1 saturated carbocycles. The van der Waals surface area contributed by atoms with Crippen LogP contribution in [0.1, 0.15) is 38.7 Å². The predicted octanol–water partition coefficient (Wildman–Crippen LogP) is 1.91. The second-order valence-corrected chi connectivity index (χ2v) is 6.48. The average Bonchev–Trinajstić information content (AvgIpc) is 2.44. The second-order valence-electron chi connectivity index (χ2n) is 6.48. The number of Topliss-reactive ketones (excluding diaryl/α,β-unsaturated/α-hetero) is 3. The van der Waals surface area contributed by atoms with Crippen LogP contribution in [0.2, 0.25) is 0 Å². The number of rotatable bonds is 4. The zero-order valence-corrected chi connectivity index (χ0v) is 13.8. The molecule has 1 aliphatic rings. The standard InChI is InChI=1S/C18H22O5/c1-10(19)15-14(21)9-18(3,22)17(11(2)20)16(15)12-5-7-13(23-4)8-6-12/h5-8,15-17,22H,9H2,1-4H3/t15-,16+,17+,18+/m0/s1. The molecular weight excluding hydrogens is 296 g/mol. The van der Waals surface area contributed by atoms with Crippen LogP contribution in [0, 0.1) is 11.8 Å². The largest absolute Gasteiger partial charge is 0.497 e. The number of carbonyl (C=O) groups is 3. The van der Waals surface area contributed by atoms with Gasteiger partial charge in [0.05, 0.1) is 24.5 Å². The maximum atomic E-state index is 12.4. The molecular formula is C18H22O5. The Kier molecular flexibility index (Phi) is 4.71. The lowest BCUT2D eigenvalue weighted by atomic mass is 9.60. The SMILES string of the molecule is COc1ccc([C@@H]2[C@@H](C(C)=O)C(=O)C[C@@](C)(O)[C@@H]2C(C)=O)cc1. The summed E-state index contributed by atoms with van der Waals surface area (Å²) in [6.45, 7) is 4.24. The van der Waals surface area contributed by atoms with E-state index in [1.165, 1.54) is 20.8 Å². The van der Waals surface area contributed by atoms with Crippen molar-refractivity contribution in [1.29, 1.82) is 0 Å². The van der Waals surface area contributed by atoms with Gasteiger partial charge < -0.3 is 9.84 Å². The Morgan fingerprint density at radius 1 is 1.17 bits per heavy atom. The van der Waals surface area contributed by atoms with Gasteiger partial charge in [0, 0.05) is 12.3 Å². The molecule has 0 unspecified atom stereocenters. The molecule has 0 bridgehead atoms. The van der Waals surface area contributed by atoms with Crippen molar-refractivity contribution in [3.05, 3.63) is 29.8 Å². The average molecular weight is 318 g/mol. The van der Waals surface area contributed by atoms with Crippen LogP contribution in [0.5, 0.6) is 5.75 Å². The van der Waals surface area contributed by atoms with Crippen molar-refractivity contribution in [2.45, 2.75) is 38.7 Å². The van der Waals surface area contributed by atoms with Gasteiger partial charge in [-0.25, -0.2) is 0 Å². The highest BCUT2D eigenvalue weighted by molar-refractivity contribution is 6.05. The van der Waals surface area contributed by atoms with Gasteiger partial charge in [0.25, 0.3) is 0 Å². The van der Waals surface area contributed by atoms with Gasteiger partial charge in [-0.2, -0.15) is 0 Å². The number of aliphatic hydroxyl groups is 1. The minimum absolute atomic E-state index is 0.186. The van der Waals surface area contributed by atoms with Crippen LogP contribution >= 0.6 is 0 Å². The second kappa shape index (κ2) is 6.24. The van der Waals surface area contributed by atoms with Gasteiger partial charge in [0.15, 0.2) is 0 Å². The van der Waals surface area contributed by atoms with E-state index in [1.54, 1.807) is 31.4 Å². The molecule has 0 radical (unpaired) electrons. The van der Waals surface area contributed by atoms with Crippen LogP contribution in [0.25, 0.3) is 0 Å². The minimum atomic E-state index is -1.46. The zero-order chi connectivity index (χ0) is 17.4. The number of hydrogen-bond acceptors (Lipinski definition) is 5. The van der Waals surface area contributed by atoms with Gasteiger partial charge in [0.1, 0.15) is 23.1 Å². The monoisotopic (exact) mass is 318 g/mol. The van der Waals surface area contributed by atoms with E-state index in [-0.39, 0.29) is 23.8 Å². The number of carbonyl (C=O) groups excluding carboxylic acids is 3. The van der Waals surface area contributed by atoms with Crippen LogP contribution in [-0.2, 0) is 14.4 Å². The third-order valence-electron chi connectivity index (χ3n) is 4.64. The van der Waals surface area contributed by atoms with E-state index in [4.69, 9.17) is 4.74 Å². The van der Waals surface area contributed by atoms with Gasteiger partial charge in [-0.15, -0.1) is 0 Å². The first-order chi connectivity index (χ1) is 10.7. The van der Waals surface area contributed by atoms with Crippen molar-refractivity contribution in [2.75, 3.05) is 7.11 Å². The molecule has 1 N–H and O–H groups in total. The topological polar surface area (TPSA) is 80.7 Å². The lowest BCUT2D eigenvalue weighted by Crippen LogP contribution is -2.53. The lowest BCUT2D eigenvalue weighted by molar-refractivity contribution is -0.151. The molecule has 1 fully saturated rings. The van der Waals surface area contributed by atoms with Crippen LogP contribution < -0.4 is 4.74 Å². The predicted molar refractivity (Wildman–Crippen MR) is 84.3 cm³/mol. The first-order valence-electron chi connectivity index (χ1n) is 7.59. The Morgan fingerprint density at radius 2 is 1.74 bits per heavy atom. The molecule has 0 amide bonds. The van der Waals surface area contributed by atoms with Crippen molar-refractivity contribution < 1.29 is 24.2 Å². The normalized spacial score (nSPS) is 30.8. The van der Waals surface area contributed by atoms with Gasteiger partial charge in [-0.3, -0.25) is 14.4 Å². The van der Waals surface area contributed by atoms with E-state index in [9.17, 15) is 19.5 Å². The number of methoxy groups -OCH3 is 1. The molecule has 0 aromatic heterocycles. The smallest absolute Gasteiger partial charge is 0.146 e. The summed E-state index contributed by atoms with van der Waals surface area (Å²) in [5.41, 5.74) is -0.779. The number of ketones is 3. The Labute approximate surface area is 135 Å². The summed E-state index contributed by atoms with van der Waals surface area (Å²) in [7, 11) is 1.54. The molecule has 1 aromatic rings. The first kappa shape index (κ1) is 17.3. The molecule has 0 aliphatic heterocycles. The van der Waals surface area contributed by atoms with Crippen molar-refractivity contribution in [1.82, 2.24) is 0 Å². The first-order valence-corrected chi connectivity index (χ1v) is 7.59. The summed E-state index contributed by atoms with van der Waals surface area (Å²) in [6, 6.07) is 6.92. The molecule has 23 heavy (non-hydrogen) atoms. The summed E-state index contributed by atoms with van der Waals surface area (Å²) >= 11 is 0. The fourth-order valence-electron chi connectivity index (χ4n) is 3.73. The third-order valence-corrected chi connectivity index (χ3v) is 4.64. The van der Waals surface area contributed by atoms with E-state index >= 15 is 0 Å². The van der Waals surface area contributed by atoms with Crippen molar-refractivity contribution >= 4 is 17.3 Å². The molecule has 0 saturated heterocycles. The van der Waals surface area contributed by atoms with Crippen LogP contribution in [-0.4, -0.2) is 35.2 Å². The fraction of sp³-hybridized carbons (Fsp3) is 0.500. The van der Waals surface area contributed by atoms with Gasteiger partial charge >= 0.3 is 0 Å². The maximum absolute atomic E-state index is 12.4. The van der Waals surface area contributed by atoms with Gasteiger partial charge in [-0.05, 0) is 38.5 Å². The molecule has 124 valence electrons. The van der Waals surface area contributed by atoms with E-state index < -0.39 is 23.4 Å². The Bertz CT molecular complexity index is 629. The number of benzene rings is 1. The van der Waals surface area contributed by atoms with Gasteiger partial charge in [0.2, 0.25) is 0 Å². The highest BCUT2D eigenvalue weighted by atomic mass is 16.5. The molecule has 5 nitrogen and oxygen atoms in total. The lowest BCUT2D eigenvalue weighted by Gasteiger charge is -2.44. The Morgan fingerprint density at radius 3 is 2.17 bits per heavy atom. The van der Waals surface area contributed by atoms with E-state index in [2.05, 4.69) is 0 Å². The quantitative estimate of drug-likeness (QED) is 0.858. The molecule has 4 atom stereocenters. The number of hydrogen-bond donors (Lipinski definition) is 1. The summed E-state index contributed by atoms with van der Waals surface area (Å²) in [6.07, 6.45) is -0.186. The molecule has 1 aromatic carbocycles. The molecule has 0 spiro atoms. The van der Waals surface area contributed by atoms with E-state index in [0.29, 0.717) is 11.3 Å². The molecule has 2 rings (SSSR count). The summed E-state index contributed by atoms with van der Waals surface area (Å²) in [4.78, 5) is 36.7. The fourth-order valence-corrected chi connectivity index (χ4v) is 3.73. The zero-order valence-electron chi connectivity index (χ0n) is 13.8. The van der Waals surface area contributed by atoms with E-state index in [0.717, 1.165) is 0 Å². The molecule has 5 heteroatoms. The van der Waals surface area contributed by atoms with E-state index in [1.807, 2.05) is 0 Å². The Balaban J connectivity index is 2.58. The highest BCUT2D eigenvalue weighted by Gasteiger charge is 2.53. The van der Waals surface area contributed by atoms with Crippen molar-refractivity contribution in [2.24, 2.45) is 11.8 Å². The molecule has 0 heterocycles. The van der Waals surface area contributed by atoms with Crippen molar-refractivity contribution in [3.63, 3.8) is 0 Å². The summed E-state index contributed by atoms with van der Waals surface area (Å²) in [5, 5.41) is 10.6.